The SMILES string of the molecule is Cc1ccc(NCC2CC2)c(C)c1O. The second kappa shape index (κ2) is 3.52. The number of phenols is 1. The molecule has 0 heterocycles. The second-order valence-corrected chi connectivity index (χ2v) is 4.23. The molecule has 0 unspecified atom stereocenters. The van der Waals surface area contributed by atoms with Crippen molar-refractivity contribution in [1.82, 2.24) is 0 Å². The minimum Gasteiger partial charge on any atom is -0.507 e. The summed E-state index contributed by atoms with van der Waals surface area (Å²) in [6.07, 6.45) is 2.70. The Morgan fingerprint density at radius 1 is 1.36 bits per heavy atom. The molecule has 2 nitrogen and oxygen atoms in total. The number of benzene rings is 1. The van der Waals surface area contributed by atoms with Crippen LogP contribution in [0.5, 0.6) is 5.75 Å². The lowest BCUT2D eigenvalue weighted by Crippen LogP contribution is -2.04. The number of phenolic OH excluding ortho intramolecular Hbond substituents is 1. The molecular formula is C12H17NO. The first-order chi connectivity index (χ1) is 6.68. The zero-order valence-electron chi connectivity index (χ0n) is 8.80. The summed E-state index contributed by atoms with van der Waals surface area (Å²) in [4.78, 5) is 0. The van der Waals surface area contributed by atoms with E-state index in [0.717, 1.165) is 29.3 Å². The molecule has 76 valence electrons. The molecule has 2 rings (SSSR count). The monoisotopic (exact) mass is 191 g/mol. The Labute approximate surface area is 85.0 Å². The largest absolute Gasteiger partial charge is 0.507 e. The van der Waals surface area contributed by atoms with Crippen LogP contribution >= 0.6 is 0 Å². The molecule has 0 amide bonds. The Balaban J connectivity index is 2.11. The summed E-state index contributed by atoms with van der Waals surface area (Å²) in [6.45, 7) is 4.92. The fourth-order valence-corrected chi connectivity index (χ4v) is 1.60. The molecular weight excluding hydrogens is 174 g/mol. The third-order valence-electron chi connectivity index (χ3n) is 2.91. The summed E-state index contributed by atoms with van der Waals surface area (Å²) in [7, 11) is 0. The third kappa shape index (κ3) is 1.84. The van der Waals surface area contributed by atoms with E-state index >= 15 is 0 Å². The minimum atomic E-state index is 0.422. The van der Waals surface area contributed by atoms with Crippen LogP contribution in [-0.2, 0) is 0 Å². The molecule has 2 heteroatoms. The molecule has 1 aromatic rings. The van der Waals surface area contributed by atoms with Crippen LogP contribution in [0.4, 0.5) is 5.69 Å². The van der Waals surface area contributed by atoms with E-state index in [0.29, 0.717) is 5.75 Å². The predicted octanol–water partition coefficient (Wildman–Crippen LogP) is 2.83. The lowest BCUT2D eigenvalue weighted by atomic mass is 10.1. The Bertz CT molecular complexity index is 342. The first-order valence-corrected chi connectivity index (χ1v) is 5.21. The van der Waals surface area contributed by atoms with Gasteiger partial charge in [-0.2, -0.15) is 0 Å². The zero-order valence-corrected chi connectivity index (χ0v) is 8.80. The summed E-state index contributed by atoms with van der Waals surface area (Å²) in [6, 6.07) is 4.00. The first kappa shape index (κ1) is 9.38. The normalized spacial score (nSPS) is 15.6. The maximum absolute atomic E-state index is 9.73. The van der Waals surface area contributed by atoms with Crippen LogP contribution in [0, 0.1) is 19.8 Å². The summed E-state index contributed by atoms with van der Waals surface area (Å²) < 4.78 is 0. The molecule has 0 aliphatic heterocycles. The Kier molecular flexibility index (Phi) is 2.36. The van der Waals surface area contributed by atoms with Crippen LogP contribution in [0.3, 0.4) is 0 Å². The fourth-order valence-electron chi connectivity index (χ4n) is 1.60. The van der Waals surface area contributed by atoms with Gasteiger partial charge in [0.2, 0.25) is 0 Å². The average molecular weight is 191 g/mol. The highest BCUT2D eigenvalue weighted by Gasteiger charge is 2.20. The molecule has 0 radical (unpaired) electrons. The lowest BCUT2D eigenvalue weighted by Gasteiger charge is -2.11. The maximum Gasteiger partial charge on any atom is 0.123 e. The van der Waals surface area contributed by atoms with E-state index in [-0.39, 0.29) is 0 Å². The van der Waals surface area contributed by atoms with Gasteiger partial charge in [-0.3, -0.25) is 0 Å². The van der Waals surface area contributed by atoms with Gasteiger partial charge in [0.05, 0.1) is 0 Å². The number of aromatic hydroxyl groups is 1. The van der Waals surface area contributed by atoms with Crippen molar-refractivity contribution >= 4 is 5.69 Å². The number of rotatable bonds is 3. The van der Waals surface area contributed by atoms with Crippen molar-refractivity contribution in [2.75, 3.05) is 11.9 Å². The van der Waals surface area contributed by atoms with Gasteiger partial charge in [-0.05, 0) is 44.2 Å². The molecule has 2 N–H and O–H groups in total. The van der Waals surface area contributed by atoms with Crippen molar-refractivity contribution in [2.45, 2.75) is 26.7 Å². The number of hydrogen-bond acceptors (Lipinski definition) is 2. The summed E-state index contributed by atoms with van der Waals surface area (Å²) in [5.41, 5.74) is 2.98. The molecule has 1 aliphatic rings. The van der Waals surface area contributed by atoms with Gasteiger partial charge in [0.25, 0.3) is 0 Å². The van der Waals surface area contributed by atoms with Crippen molar-refractivity contribution < 1.29 is 5.11 Å². The zero-order chi connectivity index (χ0) is 10.1. The van der Waals surface area contributed by atoms with Gasteiger partial charge in [-0.15, -0.1) is 0 Å². The van der Waals surface area contributed by atoms with Crippen LogP contribution in [0.1, 0.15) is 24.0 Å². The van der Waals surface area contributed by atoms with E-state index in [1.807, 2.05) is 26.0 Å². The van der Waals surface area contributed by atoms with Crippen molar-refractivity contribution in [3.8, 4) is 5.75 Å². The lowest BCUT2D eigenvalue weighted by molar-refractivity contribution is 0.467. The van der Waals surface area contributed by atoms with Crippen LogP contribution in [0.25, 0.3) is 0 Å². The predicted molar refractivity (Wildman–Crippen MR) is 58.8 cm³/mol. The molecule has 0 bridgehead atoms. The van der Waals surface area contributed by atoms with Crippen LogP contribution in [-0.4, -0.2) is 11.7 Å². The second-order valence-electron chi connectivity index (χ2n) is 4.23. The quantitative estimate of drug-likeness (QED) is 0.770. The molecule has 0 saturated heterocycles. The number of anilines is 1. The van der Waals surface area contributed by atoms with Crippen molar-refractivity contribution in [2.24, 2.45) is 5.92 Å². The summed E-state index contributed by atoms with van der Waals surface area (Å²) in [5, 5.41) is 13.1. The molecule has 0 spiro atoms. The minimum absolute atomic E-state index is 0.422. The highest BCUT2D eigenvalue weighted by Crippen LogP contribution is 2.31. The van der Waals surface area contributed by atoms with Gasteiger partial charge in [0, 0.05) is 17.8 Å². The molecule has 1 fully saturated rings. The van der Waals surface area contributed by atoms with Gasteiger partial charge in [0.1, 0.15) is 5.75 Å². The van der Waals surface area contributed by atoms with Crippen molar-refractivity contribution in [1.29, 1.82) is 0 Å². The van der Waals surface area contributed by atoms with E-state index in [4.69, 9.17) is 0 Å². The van der Waals surface area contributed by atoms with Crippen LogP contribution in [0.15, 0.2) is 12.1 Å². The van der Waals surface area contributed by atoms with Gasteiger partial charge in [-0.1, -0.05) is 6.07 Å². The van der Waals surface area contributed by atoms with Gasteiger partial charge in [-0.25, -0.2) is 0 Å². The Morgan fingerprint density at radius 2 is 2.07 bits per heavy atom. The Hall–Kier alpha value is -1.18. The van der Waals surface area contributed by atoms with Gasteiger partial charge >= 0.3 is 0 Å². The number of aryl methyl sites for hydroxylation is 1. The summed E-state index contributed by atoms with van der Waals surface area (Å²) >= 11 is 0. The first-order valence-electron chi connectivity index (χ1n) is 5.21. The standard InChI is InChI=1S/C12H17NO/c1-8-3-6-11(9(2)12(8)14)13-7-10-4-5-10/h3,6,10,13-14H,4-5,7H2,1-2H3. The third-order valence-corrected chi connectivity index (χ3v) is 2.91. The van der Waals surface area contributed by atoms with E-state index in [9.17, 15) is 5.11 Å². The highest BCUT2D eigenvalue weighted by atomic mass is 16.3. The molecule has 1 aromatic carbocycles. The maximum atomic E-state index is 9.73. The summed E-state index contributed by atoms with van der Waals surface area (Å²) in [5.74, 6) is 1.28. The van der Waals surface area contributed by atoms with Gasteiger partial charge in [0.15, 0.2) is 0 Å². The van der Waals surface area contributed by atoms with E-state index in [1.54, 1.807) is 0 Å². The number of hydrogen-bond donors (Lipinski definition) is 2. The highest BCUT2D eigenvalue weighted by molar-refractivity contribution is 5.59. The topological polar surface area (TPSA) is 32.3 Å². The van der Waals surface area contributed by atoms with Crippen molar-refractivity contribution in [3.05, 3.63) is 23.3 Å². The van der Waals surface area contributed by atoms with E-state index in [1.165, 1.54) is 12.8 Å². The van der Waals surface area contributed by atoms with E-state index < -0.39 is 0 Å². The smallest absolute Gasteiger partial charge is 0.123 e. The van der Waals surface area contributed by atoms with Crippen molar-refractivity contribution in [3.63, 3.8) is 0 Å². The Morgan fingerprint density at radius 3 is 2.71 bits per heavy atom. The van der Waals surface area contributed by atoms with Gasteiger partial charge < -0.3 is 10.4 Å². The average Bonchev–Trinajstić information content (AvgIpc) is 2.97. The van der Waals surface area contributed by atoms with Crippen LogP contribution in [0.2, 0.25) is 0 Å². The van der Waals surface area contributed by atoms with Crippen LogP contribution < -0.4 is 5.32 Å². The molecule has 1 saturated carbocycles. The molecule has 0 aromatic heterocycles. The fraction of sp³-hybridized carbons (Fsp3) is 0.500. The molecule has 0 atom stereocenters. The molecule has 14 heavy (non-hydrogen) atoms. The number of nitrogens with one attached hydrogen (secondary N) is 1. The molecule has 1 aliphatic carbocycles. The van der Waals surface area contributed by atoms with E-state index in [2.05, 4.69) is 5.32 Å².